The number of unbranched alkanes of at least 4 members (excludes halogenated alkanes) is 1. The Morgan fingerprint density at radius 1 is 1.00 bits per heavy atom. The van der Waals surface area contributed by atoms with E-state index in [1.165, 1.54) is 5.56 Å². The number of carboxylic acid groups (broad SMARTS) is 3. The average Bonchev–Trinajstić information content (AvgIpc) is 2.61. The zero-order valence-corrected chi connectivity index (χ0v) is 17.2. The van der Waals surface area contributed by atoms with Crippen LogP contribution >= 0.6 is 12.6 Å². The molecule has 1 rings (SSSR count). The second-order valence-electron chi connectivity index (χ2n) is 6.32. The van der Waals surface area contributed by atoms with Crippen molar-refractivity contribution in [3.63, 3.8) is 0 Å². The van der Waals surface area contributed by atoms with E-state index in [1.807, 2.05) is 12.1 Å². The lowest BCUT2D eigenvalue weighted by molar-refractivity contribution is -0.170. The van der Waals surface area contributed by atoms with Gasteiger partial charge in [-0.15, -0.1) is 0 Å². The maximum atomic E-state index is 10.3. The highest BCUT2D eigenvalue weighted by molar-refractivity contribution is 7.80. The quantitative estimate of drug-likeness (QED) is 0.201. The fourth-order valence-electron chi connectivity index (χ4n) is 2.09. The lowest BCUT2D eigenvalue weighted by Crippen LogP contribution is -2.42. The van der Waals surface area contributed by atoms with Gasteiger partial charge < -0.3 is 30.5 Å². The summed E-state index contributed by atoms with van der Waals surface area (Å²) in [4.78, 5) is 30.5. The maximum absolute atomic E-state index is 10.3. The van der Waals surface area contributed by atoms with Crippen LogP contribution in [0.1, 0.15) is 31.2 Å². The number of carbonyl (C=O) groups is 3. The summed E-state index contributed by atoms with van der Waals surface area (Å²) in [7, 11) is 0. The summed E-state index contributed by atoms with van der Waals surface area (Å²) >= 11 is 4.13. The van der Waals surface area contributed by atoms with Gasteiger partial charge in [0.05, 0.1) is 19.4 Å². The number of aliphatic hydroxyl groups is 1. The molecule has 1 aromatic rings. The smallest absolute Gasteiger partial charge is 0.336 e. The Bertz CT molecular complexity index is 620. The molecule has 0 amide bonds. The number of rotatable bonds is 13. The predicted octanol–water partition coefficient (Wildman–Crippen LogP) is 1.42. The molecule has 0 unspecified atom stereocenters. The van der Waals surface area contributed by atoms with E-state index < -0.39 is 36.4 Å². The van der Waals surface area contributed by atoms with E-state index in [9.17, 15) is 14.4 Å². The van der Waals surface area contributed by atoms with Crippen LogP contribution in [0.25, 0.3) is 0 Å². The Morgan fingerprint density at radius 2 is 1.55 bits per heavy atom. The normalized spacial score (nSPS) is 10.6. The van der Waals surface area contributed by atoms with Crippen molar-refractivity contribution in [1.29, 1.82) is 0 Å². The molecule has 0 aliphatic rings. The Kier molecular flexibility index (Phi) is 13.5. The highest BCUT2D eigenvalue weighted by Gasteiger charge is 2.40. The molecule has 0 saturated carbocycles. The van der Waals surface area contributed by atoms with Crippen molar-refractivity contribution in [2.45, 2.75) is 38.2 Å². The summed E-state index contributed by atoms with van der Waals surface area (Å²) in [5.74, 6) is -3.15. The predicted molar refractivity (Wildman–Crippen MR) is 110 cm³/mol. The summed E-state index contributed by atoms with van der Waals surface area (Å²) in [6.07, 6.45) is -0.0453. The molecule has 0 atom stereocenters. The maximum Gasteiger partial charge on any atom is 0.336 e. The van der Waals surface area contributed by atoms with Gasteiger partial charge in [0.1, 0.15) is 5.75 Å². The number of ether oxygens (including phenoxy) is 1. The molecule has 10 heteroatoms. The summed E-state index contributed by atoms with van der Waals surface area (Å²) in [6.45, 7) is 4.92. The van der Waals surface area contributed by atoms with E-state index in [0.717, 1.165) is 44.0 Å². The SMILES string of the molecule is Cc1ccc(OCCCCNCCS)cc1.O=C(O)CC(O)(CC(=O)O)C(=O)O. The summed E-state index contributed by atoms with van der Waals surface area (Å²) in [5.41, 5.74) is -1.47. The van der Waals surface area contributed by atoms with Crippen molar-refractivity contribution in [2.75, 3.05) is 25.4 Å². The van der Waals surface area contributed by atoms with Crippen LogP contribution in [0.4, 0.5) is 0 Å². The molecule has 0 fully saturated rings. The molecule has 0 saturated heterocycles. The number of aryl methyl sites for hydroxylation is 1. The molecule has 0 radical (unpaired) electrons. The molecule has 29 heavy (non-hydrogen) atoms. The lowest BCUT2D eigenvalue weighted by atomic mass is 9.96. The highest BCUT2D eigenvalue weighted by atomic mass is 32.1. The van der Waals surface area contributed by atoms with Crippen LogP contribution in [0.3, 0.4) is 0 Å². The Labute approximate surface area is 175 Å². The zero-order valence-electron chi connectivity index (χ0n) is 16.3. The van der Waals surface area contributed by atoms with Crippen LogP contribution in [0.15, 0.2) is 24.3 Å². The van der Waals surface area contributed by atoms with Gasteiger partial charge in [-0.1, -0.05) is 17.7 Å². The highest BCUT2D eigenvalue weighted by Crippen LogP contribution is 2.15. The molecule has 9 nitrogen and oxygen atoms in total. The second kappa shape index (κ2) is 14.7. The monoisotopic (exact) mass is 431 g/mol. The van der Waals surface area contributed by atoms with Gasteiger partial charge in [0.15, 0.2) is 5.60 Å². The fraction of sp³-hybridized carbons (Fsp3) is 0.526. The Hall–Kier alpha value is -2.30. The minimum Gasteiger partial charge on any atom is -0.494 e. The number of hydrogen-bond acceptors (Lipinski definition) is 7. The van der Waals surface area contributed by atoms with Gasteiger partial charge in [-0.25, -0.2) is 4.79 Å². The van der Waals surface area contributed by atoms with E-state index in [-0.39, 0.29) is 0 Å². The minimum absolute atomic E-state index is 0.797. The number of nitrogens with one attached hydrogen (secondary N) is 1. The summed E-state index contributed by atoms with van der Waals surface area (Å²) in [6, 6.07) is 8.19. The van der Waals surface area contributed by atoms with E-state index in [1.54, 1.807) is 0 Å². The second-order valence-corrected chi connectivity index (χ2v) is 6.77. The van der Waals surface area contributed by atoms with Crippen LogP contribution in [-0.2, 0) is 14.4 Å². The summed E-state index contributed by atoms with van der Waals surface area (Å²) < 4.78 is 5.62. The third-order valence-corrected chi connectivity index (χ3v) is 3.84. The lowest BCUT2D eigenvalue weighted by Gasteiger charge is -2.18. The average molecular weight is 432 g/mol. The van der Waals surface area contributed by atoms with Gasteiger partial charge in [-0.05, 0) is 38.4 Å². The van der Waals surface area contributed by atoms with Gasteiger partial charge in [0.2, 0.25) is 0 Å². The zero-order chi connectivity index (χ0) is 22.3. The first-order valence-electron chi connectivity index (χ1n) is 9.01. The first-order valence-corrected chi connectivity index (χ1v) is 9.64. The van der Waals surface area contributed by atoms with Crippen molar-refractivity contribution >= 4 is 30.5 Å². The Morgan fingerprint density at radius 3 is 2.00 bits per heavy atom. The topological polar surface area (TPSA) is 153 Å². The molecule has 0 aliphatic heterocycles. The molecule has 5 N–H and O–H groups in total. The first-order chi connectivity index (χ1) is 13.6. The van der Waals surface area contributed by atoms with Crippen LogP contribution in [-0.4, -0.2) is 69.4 Å². The summed E-state index contributed by atoms with van der Waals surface area (Å²) in [5, 5.41) is 37.1. The van der Waals surface area contributed by atoms with Crippen LogP contribution in [0.5, 0.6) is 5.75 Å². The van der Waals surface area contributed by atoms with E-state index in [4.69, 9.17) is 25.2 Å². The third kappa shape index (κ3) is 13.5. The van der Waals surface area contributed by atoms with Crippen LogP contribution in [0, 0.1) is 6.92 Å². The van der Waals surface area contributed by atoms with E-state index in [0.29, 0.717) is 0 Å². The number of aliphatic carboxylic acids is 3. The molecule has 0 spiro atoms. The Balaban J connectivity index is 0.000000555. The number of thiol groups is 1. The van der Waals surface area contributed by atoms with Gasteiger partial charge in [-0.2, -0.15) is 12.6 Å². The molecular weight excluding hydrogens is 402 g/mol. The van der Waals surface area contributed by atoms with Crippen molar-refractivity contribution in [3.05, 3.63) is 29.8 Å². The van der Waals surface area contributed by atoms with Crippen LogP contribution < -0.4 is 10.1 Å². The first kappa shape index (κ1) is 26.7. The largest absolute Gasteiger partial charge is 0.494 e. The van der Waals surface area contributed by atoms with E-state index >= 15 is 0 Å². The molecule has 0 aliphatic carbocycles. The molecule has 1 aromatic carbocycles. The number of carboxylic acids is 3. The van der Waals surface area contributed by atoms with Gasteiger partial charge >= 0.3 is 17.9 Å². The minimum atomic E-state index is -2.74. The van der Waals surface area contributed by atoms with Gasteiger partial charge in [-0.3, -0.25) is 9.59 Å². The fourth-order valence-corrected chi connectivity index (χ4v) is 2.25. The van der Waals surface area contributed by atoms with Crippen molar-refractivity contribution < 1.29 is 39.5 Å². The van der Waals surface area contributed by atoms with Crippen molar-refractivity contribution in [3.8, 4) is 5.75 Å². The van der Waals surface area contributed by atoms with Crippen molar-refractivity contribution in [2.24, 2.45) is 0 Å². The molecule has 164 valence electrons. The third-order valence-electron chi connectivity index (χ3n) is 3.61. The molecule has 0 heterocycles. The number of hydrogen-bond donors (Lipinski definition) is 6. The van der Waals surface area contributed by atoms with Crippen LogP contribution in [0.2, 0.25) is 0 Å². The van der Waals surface area contributed by atoms with E-state index in [2.05, 4.69) is 37.0 Å². The van der Waals surface area contributed by atoms with Gasteiger partial charge in [0, 0.05) is 12.3 Å². The van der Waals surface area contributed by atoms with Crippen molar-refractivity contribution in [1.82, 2.24) is 5.32 Å². The number of benzene rings is 1. The standard InChI is InChI=1S/C13H21NOS.C6H8O7/c1-12-4-6-13(7-5-12)15-10-3-2-8-14-9-11-16;7-3(8)1-6(13,5(11)12)2-4(9)10/h4-7,14,16H,2-3,8-11H2,1H3;13H,1-2H2,(H,7,8)(H,9,10)(H,11,12). The molecule has 0 aromatic heterocycles. The molecule has 0 bridgehead atoms. The molecular formula is C19H29NO8S. The van der Waals surface area contributed by atoms with Gasteiger partial charge in [0.25, 0.3) is 0 Å².